The van der Waals surface area contributed by atoms with Crippen LogP contribution in [0, 0.1) is 0 Å². The normalized spacial score (nSPS) is 9.00. The molecule has 0 aliphatic heterocycles. The SMILES string of the molecule is NC(=O)c1ccc(Cl)cc1.Oc1ccccc1. The maximum absolute atomic E-state index is 10.5. The number of halogens is 1. The maximum atomic E-state index is 10.5. The molecule has 0 radical (unpaired) electrons. The third-order valence-corrected chi connectivity index (χ3v) is 2.14. The van der Waals surface area contributed by atoms with Gasteiger partial charge in [-0.15, -0.1) is 0 Å². The highest BCUT2D eigenvalue weighted by molar-refractivity contribution is 6.30. The summed E-state index contributed by atoms with van der Waals surface area (Å²) in [6, 6.07) is 15.1. The predicted molar refractivity (Wildman–Crippen MR) is 68.1 cm³/mol. The number of para-hydroxylation sites is 1. The molecule has 3 N–H and O–H groups in total. The smallest absolute Gasteiger partial charge is 0.248 e. The topological polar surface area (TPSA) is 63.3 Å². The van der Waals surface area contributed by atoms with Gasteiger partial charge in [0.05, 0.1) is 0 Å². The minimum Gasteiger partial charge on any atom is -0.508 e. The fraction of sp³-hybridized carbons (Fsp3) is 0. The van der Waals surface area contributed by atoms with E-state index in [1.165, 1.54) is 0 Å². The quantitative estimate of drug-likeness (QED) is 0.816. The van der Waals surface area contributed by atoms with Crippen LogP contribution in [-0.2, 0) is 0 Å². The van der Waals surface area contributed by atoms with Crippen molar-refractivity contribution >= 4 is 17.5 Å². The lowest BCUT2D eigenvalue weighted by molar-refractivity contribution is 0.100. The van der Waals surface area contributed by atoms with Crippen molar-refractivity contribution in [3.8, 4) is 5.75 Å². The summed E-state index contributed by atoms with van der Waals surface area (Å²) in [5.74, 6) is -0.112. The molecule has 2 aromatic carbocycles. The van der Waals surface area contributed by atoms with Gasteiger partial charge in [-0.05, 0) is 36.4 Å². The Morgan fingerprint density at radius 3 is 1.88 bits per heavy atom. The second-order valence-corrected chi connectivity index (χ2v) is 3.64. The molecule has 2 aromatic rings. The van der Waals surface area contributed by atoms with Gasteiger partial charge in [0, 0.05) is 10.6 Å². The van der Waals surface area contributed by atoms with Gasteiger partial charge in [-0.3, -0.25) is 4.79 Å². The second-order valence-electron chi connectivity index (χ2n) is 3.21. The zero-order chi connectivity index (χ0) is 12.7. The van der Waals surface area contributed by atoms with E-state index >= 15 is 0 Å². The summed E-state index contributed by atoms with van der Waals surface area (Å²) in [4.78, 5) is 10.5. The first-order chi connectivity index (χ1) is 8.09. The highest BCUT2D eigenvalue weighted by Gasteiger charge is 1.96. The number of phenolic OH excluding ortho intramolecular Hbond substituents is 1. The molecular weight excluding hydrogens is 238 g/mol. The number of nitrogens with two attached hydrogens (primary N) is 1. The molecular formula is C13H12ClNO2. The van der Waals surface area contributed by atoms with Gasteiger partial charge < -0.3 is 10.8 Å². The highest BCUT2D eigenvalue weighted by Crippen LogP contribution is 2.08. The van der Waals surface area contributed by atoms with E-state index in [0.29, 0.717) is 16.3 Å². The van der Waals surface area contributed by atoms with E-state index in [2.05, 4.69) is 0 Å². The number of carbonyl (C=O) groups is 1. The van der Waals surface area contributed by atoms with Crippen LogP contribution in [0.25, 0.3) is 0 Å². The summed E-state index contributed by atoms with van der Waals surface area (Å²) in [5.41, 5.74) is 5.46. The first-order valence-electron chi connectivity index (χ1n) is 4.89. The zero-order valence-electron chi connectivity index (χ0n) is 9.01. The molecule has 0 aliphatic rings. The molecule has 0 saturated heterocycles. The largest absolute Gasteiger partial charge is 0.508 e. The zero-order valence-corrected chi connectivity index (χ0v) is 9.76. The highest BCUT2D eigenvalue weighted by atomic mass is 35.5. The first kappa shape index (κ1) is 13.1. The van der Waals surface area contributed by atoms with Crippen molar-refractivity contribution in [2.24, 2.45) is 5.73 Å². The Bertz CT molecular complexity index is 469. The van der Waals surface area contributed by atoms with Crippen LogP contribution in [0.5, 0.6) is 5.75 Å². The number of benzene rings is 2. The minimum absolute atomic E-state index is 0.322. The minimum atomic E-state index is -0.434. The lowest BCUT2D eigenvalue weighted by Crippen LogP contribution is -2.10. The van der Waals surface area contributed by atoms with E-state index in [1.54, 1.807) is 48.5 Å². The van der Waals surface area contributed by atoms with Gasteiger partial charge >= 0.3 is 0 Å². The van der Waals surface area contributed by atoms with E-state index in [-0.39, 0.29) is 0 Å². The van der Waals surface area contributed by atoms with Gasteiger partial charge in [-0.2, -0.15) is 0 Å². The first-order valence-corrected chi connectivity index (χ1v) is 5.27. The lowest BCUT2D eigenvalue weighted by Gasteiger charge is -1.92. The summed E-state index contributed by atoms with van der Waals surface area (Å²) in [5, 5.41) is 9.23. The van der Waals surface area contributed by atoms with E-state index < -0.39 is 5.91 Å². The van der Waals surface area contributed by atoms with Gasteiger partial charge in [0.2, 0.25) is 5.91 Å². The Balaban J connectivity index is 0.000000181. The lowest BCUT2D eigenvalue weighted by atomic mass is 10.2. The summed E-state index contributed by atoms with van der Waals surface area (Å²) < 4.78 is 0. The molecule has 0 bridgehead atoms. The Morgan fingerprint density at radius 2 is 1.53 bits per heavy atom. The van der Waals surface area contributed by atoms with Crippen LogP contribution in [0.1, 0.15) is 10.4 Å². The van der Waals surface area contributed by atoms with Crippen molar-refractivity contribution in [3.05, 3.63) is 65.2 Å². The predicted octanol–water partition coefficient (Wildman–Crippen LogP) is 2.83. The fourth-order valence-corrected chi connectivity index (χ4v) is 1.17. The van der Waals surface area contributed by atoms with Crippen LogP contribution in [-0.4, -0.2) is 11.0 Å². The van der Waals surface area contributed by atoms with Crippen molar-refractivity contribution in [1.29, 1.82) is 0 Å². The molecule has 0 saturated carbocycles. The van der Waals surface area contributed by atoms with E-state index in [9.17, 15) is 4.79 Å². The molecule has 1 amide bonds. The standard InChI is InChI=1S/C7H6ClNO.C6H6O/c8-6-3-1-5(2-4-6)7(9)10;7-6-4-2-1-3-5-6/h1-4H,(H2,9,10);1-5,7H. The Morgan fingerprint density at radius 1 is 1.00 bits per heavy atom. The van der Waals surface area contributed by atoms with Crippen LogP contribution in [0.15, 0.2) is 54.6 Å². The third kappa shape index (κ3) is 5.04. The summed E-state index contributed by atoms with van der Waals surface area (Å²) in [7, 11) is 0. The van der Waals surface area contributed by atoms with E-state index in [4.69, 9.17) is 22.4 Å². The van der Waals surface area contributed by atoms with Gasteiger partial charge in [-0.25, -0.2) is 0 Å². The number of amides is 1. The fourth-order valence-electron chi connectivity index (χ4n) is 1.04. The van der Waals surface area contributed by atoms with Gasteiger partial charge in [-0.1, -0.05) is 29.8 Å². The third-order valence-electron chi connectivity index (χ3n) is 1.88. The van der Waals surface area contributed by atoms with Gasteiger partial charge in [0.15, 0.2) is 0 Å². The van der Waals surface area contributed by atoms with Crippen molar-refractivity contribution in [3.63, 3.8) is 0 Å². The number of carbonyl (C=O) groups excluding carboxylic acids is 1. The van der Waals surface area contributed by atoms with Crippen LogP contribution in [0.2, 0.25) is 5.02 Å². The molecule has 0 aromatic heterocycles. The molecule has 88 valence electrons. The van der Waals surface area contributed by atoms with Crippen LogP contribution in [0.3, 0.4) is 0 Å². The van der Waals surface area contributed by atoms with E-state index in [1.807, 2.05) is 6.07 Å². The van der Waals surface area contributed by atoms with E-state index in [0.717, 1.165) is 0 Å². The summed E-state index contributed by atoms with van der Waals surface area (Å²) >= 11 is 5.56. The van der Waals surface area contributed by atoms with Crippen molar-refractivity contribution in [2.45, 2.75) is 0 Å². The Kier molecular flexibility index (Phi) is 5.04. The van der Waals surface area contributed by atoms with Crippen LogP contribution < -0.4 is 5.73 Å². The molecule has 4 heteroatoms. The molecule has 0 fully saturated rings. The number of phenols is 1. The number of hydrogen-bond acceptors (Lipinski definition) is 2. The van der Waals surface area contributed by atoms with Crippen molar-refractivity contribution in [1.82, 2.24) is 0 Å². The molecule has 0 atom stereocenters. The average Bonchev–Trinajstić information content (AvgIpc) is 2.31. The molecule has 2 rings (SSSR count). The number of primary amides is 1. The summed E-state index contributed by atoms with van der Waals surface area (Å²) in [6.45, 7) is 0. The molecule has 0 heterocycles. The molecule has 3 nitrogen and oxygen atoms in total. The molecule has 17 heavy (non-hydrogen) atoms. The van der Waals surface area contributed by atoms with Crippen LogP contribution >= 0.6 is 11.6 Å². The molecule has 0 aliphatic carbocycles. The number of hydrogen-bond donors (Lipinski definition) is 2. The van der Waals surface area contributed by atoms with Gasteiger partial charge in [0.1, 0.15) is 5.75 Å². The average molecular weight is 250 g/mol. The molecule has 0 spiro atoms. The molecule has 0 unspecified atom stereocenters. The summed E-state index contributed by atoms with van der Waals surface area (Å²) in [6.07, 6.45) is 0. The van der Waals surface area contributed by atoms with Crippen molar-refractivity contribution in [2.75, 3.05) is 0 Å². The van der Waals surface area contributed by atoms with Crippen LogP contribution in [0.4, 0.5) is 0 Å². The van der Waals surface area contributed by atoms with Crippen molar-refractivity contribution < 1.29 is 9.90 Å². The Labute approximate surface area is 104 Å². The maximum Gasteiger partial charge on any atom is 0.248 e. The number of aromatic hydroxyl groups is 1. The Hall–Kier alpha value is -2.00. The van der Waals surface area contributed by atoms with Gasteiger partial charge in [0.25, 0.3) is 0 Å². The monoisotopic (exact) mass is 249 g/mol. The second kappa shape index (κ2) is 6.55. The number of rotatable bonds is 1.